The minimum Gasteiger partial charge on any atom is -0.465 e. The number of imidazole rings is 1. The second-order valence-corrected chi connectivity index (χ2v) is 14.1. The first-order valence-electron chi connectivity index (χ1n) is 15.6. The minimum atomic E-state index is -0.891. The van der Waals surface area contributed by atoms with Crippen molar-refractivity contribution >= 4 is 23.1 Å². The molecule has 2 aromatic heterocycles. The van der Waals surface area contributed by atoms with Crippen LogP contribution in [0.5, 0.6) is 0 Å². The Kier molecular flexibility index (Phi) is 9.93. The number of aromatic nitrogens is 3. The topological polar surface area (TPSA) is 119 Å². The second kappa shape index (κ2) is 13.1. The Morgan fingerprint density at radius 1 is 1.14 bits per heavy atom. The zero-order chi connectivity index (χ0) is 32.5. The molecule has 3 heterocycles. The van der Waals surface area contributed by atoms with Gasteiger partial charge in [-0.3, -0.25) is 9.59 Å². The van der Waals surface area contributed by atoms with Crippen LogP contribution in [-0.2, 0) is 29.7 Å². The van der Waals surface area contributed by atoms with E-state index >= 15 is 0 Å². The van der Waals surface area contributed by atoms with E-state index < -0.39 is 12.1 Å². The molecule has 44 heavy (non-hydrogen) atoms. The molecule has 2 N–H and O–H groups in total. The smallest absolute Gasteiger partial charge is 0.407 e. The predicted octanol–water partition coefficient (Wildman–Crippen LogP) is 5.44. The highest BCUT2D eigenvalue weighted by Gasteiger charge is 2.36. The van der Waals surface area contributed by atoms with Gasteiger partial charge in [-0.1, -0.05) is 40.7 Å². The van der Waals surface area contributed by atoms with Gasteiger partial charge in [-0.2, -0.15) is 0 Å². The van der Waals surface area contributed by atoms with Crippen LogP contribution in [0.2, 0.25) is 0 Å². The van der Waals surface area contributed by atoms with Crippen LogP contribution >= 0.6 is 0 Å². The molecule has 1 fully saturated rings. The van der Waals surface area contributed by atoms with Crippen molar-refractivity contribution < 1.29 is 19.4 Å². The Morgan fingerprint density at radius 2 is 1.84 bits per heavy atom. The van der Waals surface area contributed by atoms with E-state index in [4.69, 9.17) is 9.72 Å². The van der Waals surface area contributed by atoms with Crippen molar-refractivity contribution in [3.05, 3.63) is 51.9 Å². The van der Waals surface area contributed by atoms with Crippen LogP contribution in [-0.4, -0.2) is 61.4 Å². The van der Waals surface area contributed by atoms with E-state index in [-0.39, 0.29) is 40.8 Å². The number of nitrogens with zero attached hydrogens (tertiary/aromatic N) is 4. The van der Waals surface area contributed by atoms with Gasteiger partial charge in [0.25, 0.3) is 5.56 Å². The minimum absolute atomic E-state index is 0.0382. The maximum absolute atomic E-state index is 12.7. The number of aryl methyl sites for hydroxylation is 2. The average Bonchev–Trinajstić information content (AvgIpc) is 3.27. The Labute approximate surface area is 260 Å². The first kappa shape index (κ1) is 33.2. The summed E-state index contributed by atoms with van der Waals surface area (Å²) in [6, 6.07) is 7.52. The molecule has 10 nitrogen and oxygen atoms in total. The Bertz CT molecular complexity index is 1540. The molecule has 1 saturated heterocycles. The zero-order valence-electron chi connectivity index (χ0n) is 27.7. The van der Waals surface area contributed by atoms with Crippen LogP contribution in [0.1, 0.15) is 66.0 Å². The fourth-order valence-corrected chi connectivity index (χ4v) is 6.19. The first-order chi connectivity index (χ1) is 20.5. The van der Waals surface area contributed by atoms with Crippen molar-refractivity contribution in [1.29, 1.82) is 0 Å². The number of carbonyl (C=O) groups is 2. The molecule has 1 aliphatic rings. The molecule has 0 bridgehead atoms. The van der Waals surface area contributed by atoms with Gasteiger partial charge in [0.2, 0.25) is 0 Å². The fraction of sp³-hybridized carbons (Fsp3) is 0.588. The predicted molar refractivity (Wildman–Crippen MR) is 172 cm³/mol. The molecule has 0 saturated carbocycles. The molecular weight excluding hydrogens is 558 g/mol. The monoisotopic (exact) mass is 607 g/mol. The standard InChI is InChI=1S/C34H49N5O5/c1-20(2)29(32(41)44-21(3)4)35-15-23-10-11-27-28(14-23)39(30(36-27)25-12-22(5)31(40)37(9)18-25)17-24-13-26(34(6,7)8)19-38(16-24)33(42)43/h10-12,14,18,20-21,24,26,29,35H,13,15-17,19H2,1-9H3,(H,42,43)/t24?,26?,29-/m0/s1. The van der Waals surface area contributed by atoms with Crippen molar-refractivity contribution in [3.8, 4) is 11.4 Å². The van der Waals surface area contributed by atoms with Crippen LogP contribution in [0.25, 0.3) is 22.4 Å². The third kappa shape index (κ3) is 7.52. The number of fused-ring (bicyclic) bond motifs is 1. The molecule has 0 radical (unpaired) electrons. The number of amides is 1. The summed E-state index contributed by atoms with van der Waals surface area (Å²) in [4.78, 5) is 44.0. The van der Waals surface area contributed by atoms with Gasteiger partial charge in [-0.25, -0.2) is 9.78 Å². The van der Waals surface area contributed by atoms with Crippen molar-refractivity contribution in [2.45, 2.75) is 87.0 Å². The molecule has 3 aromatic rings. The van der Waals surface area contributed by atoms with Crippen LogP contribution in [0.15, 0.2) is 35.3 Å². The highest BCUT2D eigenvalue weighted by Crippen LogP contribution is 2.37. The van der Waals surface area contributed by atoms with Crippen molar-refractivity contribution in [3.63, 3.8) is 0 Å². The van der Waals surface area contributed by atoms with Gasteiger partial charge in [0.05, 0.1) is 17.1 Å². The SMILES string of the molecule is Cc1cc(-c2nc3ccc(CN[C@H](C(=O)OC(C)C)C(C)C)cc3n2CC2CC(C(C)(C)C)CN(C(=O)O)C2)cn(C)c1=O. The number of esters is 1. The molecule has 1 aliphatic heterocycles. The normalized spacial score (nSPS) is 18.3. The van der Waals surface area contributed by atoms with Crippen molar-refractivity contribution in [2.75, 3.05) is 13.1 Å². The van der Waals surface area contributed by atoms with E-state index in [1.807, 2.05) is 52.1 Å². The summed E-state index contributed by atoms with van der Waals surface area (Å²) in [5.74, 6) is 0.820. The summed E-state index contributed by atoms with van der Waals surface area (Å²) in [5, 5.41) is 13.4. The maximum Gasteiger partial charge on any atom is 0.407 e. The van der Waals surface area contributed by atoms with Crippen LogP contribution in [0.3, 0.4) is 0 Å². The van der Waals surface area contributed by atoms with E-state index in [9.17, 15) is 19.5 Å². The zero-order valence-corrected chi connectivity index (χ0v) is 27.7. The van der Waals surface area contributed by atoms with E-state index in [0.717, 1.165) is 34.4 Å². The second-order valence-electron chi connectivity index (χ2n) is 14.1. The number of benzene rings is 1. The van der Waals surface area contributed by atoms with E-state index in [2.05, 4.69) is 36.7 Å². The summed E-state index contributed by atoms with van der Waals surface area (Å²) in [7, 11) is 1.74. The van der Waals surface area contributed by atoms with E-state index in [1.165, 1.54) is 0 Å². The summed E-state index contributed by atoms with van der Waals surface area (Å²) in [6.45, 7) is 18.0. The number of carboxylic acid groups (broad SMARTS) is 1. The summed E-state index contributed by atoms with van der Waals surface area (Å²) < 4.78 is 9.25. The lowest BCUT2D eigenvalue weighted by molar-refractivity contribution is -0.151. The lowest BCUT2D eigenvalue weighted by atomic mass is 9.73. The van der Waals surface area contributed by atoms with Crippen LogP contribution in [0, 0.1) is 30.1 Å². The van der Waals surface area contributed by atoms with Crippen LogP contribution in [0.4, 0.5) is 4.79 Å². The molecule has 2 unspecified atom stereocenters. The Hall–Kier alpha value is -3.66. The first-order valence-corrected chi connectivity index (χ1v) is 15.6. The number of carbonyl (C=O) groups excluding carboxylic acids is 1. The van der Waals surface area contributed by atoms with Gasteiger partial charge in [0.1, 0.15) is 11.9 Å². The number of ether oxygens (including phenoxy) is 1. The molecule has 1 aromatic carbocycles. The number of pyridine rings is 1. The van der Waals surface area contributed by atoms with Crippen molar-refractivity contribution in [2.24, 2.45) is 30.2 Å². The van der Waals surface area contributed by atoms with E-state index in [0.29, 0.717) is 31.7 Å². The number of piperidine rings is 1. The number of likely N-dealkylation sites (tertiary alicyclic amines) is 1. The number of rotatable bonds is 9. The average molecular weight is 608 g/mol. The molecule has 240 valence electrons. The number of hydrogen-bond donors (Lipinski definition) is 2. The summed E-state index contributed by atoms with van der Waals surface area (Å²) in [6.07, 6.45) is 1.63. The lowest BCUT2D eigenvalue weighted by Crippen LogP contribution is -2.47. The Balaban J connectivity index is 1.76. The van der Waals surface area contributed by atoms with E-state index in [1.54, 1.807) is 23.4 Å². The maximum atomic E-state index is 12.7. The summed E-state index contributed by atoms with van der Waals surface area (Å²) >= 11 is 0. The van der Waals surface area contributed by atoms with Crippen molar-refractivity contribution in [1.82, 2.24) is 24.3 Å². The molecule has 10 heteroatoms. The third-order valence-electron chi connectivity index (χ3n) is 8.71. The molecule has 4 rings (SSSR count). The van der Waals surface area contributed by atoms with Gasteiger partial charge in [-0.15, -0.1) is 0 Å². The highest BCUT2D eigenvalue weighted by molar-refractivity contribution is 5.81. The fourth-order valence-electron chi connectivity index (χ4n) is 6.19. The highest BCUT2D eigenvalue weighted by atomic mass is 16.5. The molecule has 0 aliphatic carbocycles. The largest absolute Gasteiger partial charge is 0.465 e. The molecular formula is C34H49N5O5. The van der Waals surface area contributed by atoms with Gasteiger partial charge in [0, 0.05) is 50.6 Å². The van der Waals surface area contributed by atoms with Gasteiger partial charge < -0.3 is 29.2 Å². The Morgan fingerprint density at radius 3 is 2.43 bits per heavy atom. The molecule has 0 spiro atoms. The summed E-state index contributed by atoms with van der Waals surface area (Å²) in [5.41, 5.74) is 4.10. The quantitative estimate of drug-likeness (QED) is 0.311. The molecule has 1 amide bonds. The van der Waals surface area contributed by atoms with Crippen LogP contribution < -0.4 is 10.9 Å². The molecule has 3 atom stereocenters. The van der Waals surface area contributed by atoms with Gasteiger partial charge in [-0.05, 0) is 74.1 Å². The lowest BCUT2D eigenvalue weighted by Gasteiger charge is -2.42. The van der Waals surface area contributed by atoms with Gasteiger partial charge >= 0.3 is 12.1 Å². The third-order valence-corrected chi connectivity index (χ3v) is 8.71. The number of hydrogen-bond acceptors (Lipinski definition) is 6. The van der Waals surface area contributed by atoms with Gasteiger partial charge in [0.15, 0.2) is 0 Å². The number of nitrogens with one attached hydrogen (secondary N) is 1.